The van der Waals surface area contributed by atoms with Crippen LogP contribution in [0.4, 0.5) is 0 Å². The van der Waals surface area contributed by atoms with Gasteiger partial charge in [-0.2, -0.15) is 0 Å². The Morgan fingerprint density at radius 1 is 1.56 bits per heavy atom. The highest BCUT2D eigenvalue weighted by Gasteiger charge is 2.28. The quantitative estimate of drug-likeness (QED) is 0.763. The third-order valence-corrected chi connectivity index (χ3v) is 3.34. The number of methoxy groups -OCH3 is 1. The normalized spacial score (nSPS) is 23.2. The van der Waals surface area contributed by atoms with Crippen molar-refractivity contribution in [2.75, 3.05) is 27.2 Å². The van der Waals surface area contributed by atoms with Gasteiger partial charge in [0.05, 0.1) is 0 Å². The van der Waals surface area contributed by atoms with Crippen LogP contribution < -0.4 is 5.32 Å². The largest absolute Gasteiger partial charge is 0.372 e. The lowest BCUT2D eigenvalue weighted by Crippen LogP contribution is -2.48. The molecule has 1 amide bonds. The SMILES string of the molecule is CNCCC1CCCCN1C(=O)C(C)OC. The van der Waals surface area contributed by atoms with Gasteiger partial charge >= 0.3 is 0 Å². The lowest BCUT2D eigenvalue weighted by Gasteiger charge is -2.37. The van der Waals surface area contributed by atoms with E-state index in [2.05, 4.69) is 5.32 Å². The molecule has 0 saturated carbocycles. The van der Waals surface area contributed by atoms with Crippen molar-refractivity contribution in [2.45, 2.75) is 44.8 Å². The van der Waals surface area contributed by atoms with Crippen LogP contribution in [-0.4, -0.2) is 50.2 Å². The summed E-state index contributed by atoms with van der Waals surface area (Å²) in [6.07, 6.45) is 4.22. The van der Waals surface area contributed by atoms with Crippen LogP contribution in [0, 0.1) is 0 Å². The smallest absolute Gasteiger partial charge is 0.251 e. The van der Waals surface area contributed by atoms with E-state index >= 15 is 0 Å². The van der Waals surface area contributed by atoms with E-state index in [0.29, 0.717) is 6.04 Å². The standard InChI is InChI=1S/C12H24N2O2/c1-10(16-3)12(15)14-9-5-4-6-11(14)7-8-13-2/h10-11,13H,4-9H2,1-3H3. The minimum absolute atomic E-state index is 0.142. The first-order valence-electron chi connectivity index (χ1n) is 6.18. The highest BCUT2D eigenvalue weighted by atomic mass is 16.5. The van der Waals surface area contributed by atoms with Crippen LogP contribution in [0.5, 0.6) is 0 Å². The Hall–Kier alpha value is -0.610. The van der Waals surface area contributed by atoms with E-state index in [1.807, 2.05) is 18.9 Å². The maximum Gasteiger partial charge on any atom is 0.251 e. The van der Waals surface area contributed by atoms with E-state index < -0.39 is 0 Å². The second-order valence-electron chi connectivity index (χ2n) is 4.45. The number of amides is 1. The summed E-state index contributed by atoms with van der Waals surface area (Å²) in [5, 5.41) is 3.15. The Kier molecular flexibility index (Phi) is 5.77. The van der Waals surface area contributed by atoms with E-state index in [4.69, 9.17) is 4.74 Å². The van der Waals surface area contributed by atoms with Crippen LogP contribution in [0.1, 0.15) is 32.6 Å². The highest BCUT2D eigenvalue weighted by Crippen LogP contribution is 2.20. The topological polar surface area (TPSA) is 41.6 Å². The van der Waals surface area contributed by atoms with E-state index in [0.717, 1.165) is 32.4 Å². The van der Waals surface area contributed by atoms with Gasteiger partial charge in [-0.05, 0) is 46.2 Å². The maximum absolute atomic E-state index is 12.1. The molecule has 1 heterocycles. The van der Waals surface area contributed by atoms with Gasteiger partial charge in [0.1, 0.15) is 6.10 Å². The van der Waals surface area contributed by atoms with Crippen molar-refractivity contribution >= 4 is 5.91 Å². The van der Waals surface area contributed by atoms with Crippen molar-refractivity contribution in [1.82, 2.24) is 10.2 Å². The van der Waals surface area contributed by atoms with E-state index in [-0.39, 0.29) is 12.0 Å². The fourth-order valence-electron chi connectivity index (χ4n) is 2.24. The molecule has 0 aliphatic carbocycles. The second-order valence-corrected chi connectivity index (χ2v) is 4.45. The molecule has 0 aromatic heterocycles. The molecule has 1 saturated heterocycles. The van der Waals surface area contributed by atoms with E-state index in [1.165, 1.54) is 6.42 Å². The molecule has 1 rings (SSSR count). The number of hydrogen-bond acceptors (Lipinski definition) is 3. The lowest BCUT2D eigenvalue weighted by atomic mass is 9.98. The fraction of sp³-hybridized carbons (Fsp3) is 0.917. The first-order valence-corrected chi connectivity index (χ1v) is 6.18. The maximum atomic E-state index is 12.1. The minimum atomic E-state index is -0.310. The summed E-state index contributed by atoms with van der Waals surface area (Å²) in [7, 11) is 3.54. The molecular formula is C12H24N2O2. The molecule has 1 aliphatic rings. The molecule has 0 aromatic carbocycles. The molecule has 1 N–H and O–H groups in total. The average molecular weight is 228 g/mol. The first-order chi connectivity index (χ1) is 7.70. The van der Waals surface area contributed by atoms with Crippen molar-refractivity contribution in [3.8, 4) is 0 Å². The van der Waals surface area contributed by atoms with Crippen LogP contribution in [0.3, 0.4) is 0 Å². The Morgan fingerprint density at radius 3 is 2.94 bits per heavy atom. The molecule has 0 aromatic rings. The van der Waals surface area contributed by atoms with Gasteiger partial charge in [-0.25, -0.2) is 0 Å². The zero-order chi connectivity index (χ0) is 12.0. The monoisotopic (exact) mass is 228 g/mol. The molecule has 16 heavy (non-hydrogen) atoms. The number of carbonyl (C=O) groups excluding carboxylic acids is 1. The Bertz CT molecular complexity index is 221. The van der Waals surface area contributed by atoms with Gasteiger partial charge in [0.2, 0.25) is 0 Å². The molecular weight excluding hydrogens is 204 g/mol. The van der Waals surface area contributed by atoms with E-state index in [9.17, 15) is 4.79 Å². The van der Waals surface area contributed by atoms with Crippen LogP contribution in [0.15, 0.2) is 0 Å². The van der Waals surface area contributed by atoms with Crippen LogP contribution in [-0.2, 0) is 9.53 Å². The summed E-state index contributed by atoms with van der Waals surface area (Å²) in [6, 6.07) is 0.395. The molecule has 4 heteroatoms. The zero-order valence-corrected chi connectivity index (χ0v) is 10.7. The zero-order valence-electron chi connectivity index (χ0n) is 10.7. The van der Waals surface area contributed by atoms with Gasteiger partial charge in [-0.3, -0.25) is 4.79 Å². The summed E-state index contributed by atoms with van der Waals surface area (Å²) in [4.78, 5) is 14.1. The Morgan fingerprint density at radius 2 is 2.31 bits per heavy atom. The highest BCUT2D eigenvalue weighted by molar-refractivity contribution is 5.80. The number of ether oxygens (including phenoxy) is 1. The van der Waals surface area contributed by atoms with Gasteiger partial charge in [0.25, 0.3) is 5.91 Å². The molecule has 1 aliphatic heterocycles. The third kappa shape index (κ3) is 3.46. The number of hydrogen-bond donors (Lipinski definition) is 1. The summed E-state index contributed by atoms with van der Waals surface area (Å²) in [5.74, 6) is 0.142. The molecule has 0 bridgehead atoms. The van der Waals surface area contributed by atoms with Crippen molar-refractivity contribution in [3.05, 3.63) is 0 Å². The molecule has 2 unspecified atom stereocenters. The Labute approximate surface area is 98.3 Å². The summed E-state index contributed by atoms with van der Waals surface area (Å²) in [6.45, 7) is 3.68. The predicted molar refractivity (Wildman–Crippen MR) is 64.4 cm³/mol. The summed E-state index contributed by atoms with van der Waals surface area (Å²) in [5.41, 5.74) is 0. The fourth-order valence-corrected chi connectivity index (χ4v) is 2.24. The van der Waals surface area contributed by atoms with Crippen LogP contribution >= 0.6 is 0 Å². The number of nitrogens with one attached hydrogen (secondary N) is 1. The van der Waals surface area contributed by atoms with Crippen molar-refractivity contribution in [3.63, 3.8) is 0 Å². The van der Waals surface area contributed by atoms with Crippen LogP contribution in [0.2, 0.25) is 0 Å². The van der Waals surface area contributed by atoms with Gasteiger partial charge in [-0.1, -0.05) is 0 Å². The number of nitrogens with zero attached hydrogens (tertiary/aromatic N) is 1. The first kappa shape index (κ1) is 13.5. The Balaban J connectivity index is 2.55. The summed E-state index contributed by atoms with van der Waals surface area (Å²) >= 11 is 0. The second kappa shape index (κ2) is 6.86. The number of piperidine rings is 1. The van der Waals surface area contributed by atoms with Gasteiger partial charge < -0.3 is 15.0 Å². The molecule has 1 fully saturated rings. The number of likely N-dealkylation sites (tertiary alicyclic amines) is 1. The minimum Gasteiger partial charge on any atom is -0.372 e. The summed E-state index contributed by atoms with van der Waals surface area (Å²) < 4.78 is 5.11. The van der Waals surface area contributed by atoms with Crippen molar-refractivity contribution in [2.24, 2.45) is 0 Å². The van der Waals surface area contributed by atoms with E-state index in [1.54, 1.807) is 7.11 Å². The van der Waals surface area contributed by atoms with Crippen molar-refractivity contribution < 1.29 is 9.53 Å². The molecule has 0 spiro atoms. The number of rotatable bonds is 5. The van der Waals surface area contributed by atoms with Crippen LogP contribution in [0.25, 0.3) is 0 Å². The third-order valence-electron chi connectivity index (χ3n) is 3.34. The molecule has 4 nitrogen and oxygen atoms in total. The molecule has 94 valence electrons. The molecule has 2 atom stereocenters. The molecule has 0 radical (unpaired) electrons. The van der Waals surface area contributed by atoms with Gasteiger partial charge in [-0.15, -0.1) is 0 Å². The lowest BCUT2D eigenvalue weighted by molar-refractivity contribution is -0.144. The predicted octanol–water partition coefficient (Wildman–Crippen LogP) is 1.01. The van der Waals surface area contributed by atoms with Gasteiger partial charge in [0.15, 0.2) is 0 Å². The number of carbonyl (C=O) groups is 1. The van der Waals surface area contributed by atoms with Crippen molar-refractivity contribution in [1.29, 1.82) is 0 Å². The van der Waals surface area contributed by atoms with Gasteiger partial charge in [0, 0.05) is 19.7 Å². The average Bonchev–Trinajstić information content (AvgIpc) is 2.34.